The van der Waals surface area contributed by atoms with Crippen molar-refractivity contribution in [3.05, 3.63) is 0 Å². The van der Waals surface area contributed by atoms with E-state index in [0.717, 1.165) is 0 Å². The Morgan fingerprint density at radius 1 is 1.00 bits per heavy atom. The molecule has 3 nitrogen and oxygen atoms in total. The van der Waals surface area contributed by atoms with Crippen molar-refractivity contribution in [2.45, 2.75) is 0 Å². The molecule has 3 heteroatoms. The molecule has 0 rings (SSSR count). The van der Waals surface area contributed by atoms with Gasteiger partial charge in [0, 0.05) is 14.2 Å². The van der Waals surface area contributed by atoms with E-state index in [2.05, 4.69) is 21.3 Å². The van der Waals surface area contributed by atoms with E-state index in [4.69, 9.17) is 4.74 Å². The molecule has 0 radical (unpaired) electrons. The van der Waals surface area contributed by atoms with Crippen LogP contribution >= 0.6 is 0 Å². The van der Waals surface area contributed by atoms with E-state index in [1.54, 1.807) is 14.2 Å². The third-order valence-corrected chi connectivity index (χ3v) is 0.717. The lowest BCUT2D eigenvalue weighted by molar-refractivity contribution is -0.0166. The van der Waals surface area contributed by atoms with E-state index in [1.165, 1.54) is 0 Å². The molecule has 0 saturated heterocycles. The average molecular weight is 144 g/mol. The third kappa shape index (κ3) is 7.44. The lowest BCUT2D eigenvalue weighted by Gasteiger charge is -1.93. The maximum atomic E-state index is 4.88. The predicted molar refractivity (Wildman–Crippen MR) is 37.5 cm³/mol. The summed E-state index contributed by atoms with van der Waals surface area (Å²) in [6, 6.07) is 0. The highest BCUT2D eigenvalue weighted by Gasteiger charge is 1.76. The molecule has 0 aromatic carbocycles. The first kappa shape index (κ1) is 9.44. The molecule has 0 aliphatic rings. The van der Waals surface area contributed by atoms with Gasteiger partial charge in [-0.25, -0.2) is 0 Å². The van der Waals surface area contributed by atoms with Gasteiger partial charge in [0.2, 0.25) is 0 Å². The van der Waals surface area contributed by atoms with Gasteiger partial charge in [0.05, 0.1) is 0 Å². The molecule has 0 aliphatic heterocycles. The Kier molecular flexibility index (Phi) is 7.97. The van der Waals surface area contributed by atoms with Crippen molar-refractivity contribution in [2.24, 2.45) is 0 Å². The molecule has 0 saturated carbocycles. The van der Waals surface area contributed by atoms with Crippen LogP contribution in [0.1, 0.15) is 0 Å². The van der Waals surface area contributed by atoms with Gasteiger partial charge in [0.25, 0.3) is 0 Å². The molecule has 0 aromatic rings. The van der Waals surface area contributed by atoms with Crippen LogP contribution in [-0.2, 0) is 14.2 Å². The Morgan fingerprint density at radius 3 is 2.30 bits per heavy atom. The summed E-state index contributed by atoms with van der Waals surface area (Å²) in [5, 5.41) is 0. The van der Waals surface area contributed by atoms with Crippen LogP contribution < -0.4 is 0 Å². The summed E-state index contributed by atoms with van der Waals surface area (Å²) in [6.07, 6.45) is 0. The van der Waals surface area contributed by atoms with Crippen molar-refractivity contribution in [3.63, 3.8) is 0 Å². The molecule has 0 bridgehead atoms. The van der Waals surface area contributed by atoms with E-state index in [-0.39, 0.29) is 0 Å². The SMILES string of the molecule is COCC#CCOCOC. The largest absolute Gasteiger partial charge is 0.372 e. The van der Waals surface area contributed by atoms with Crippen molar-refractivity contribution in [1.82, 2.24) is 0 Å². The zero-order valence-electron chi connectivity index (χ0n) is 6.35. The molecular weight excluding hydrogens is 132 g/mol. The number of hydrogen-bond donors (Lipinski definition) is 0. The normalized spacial score (nSPS) is 8.60. The molecule has 0 fully saturated rings. The van der Waals surface area contributed by atoms with Crippen molar-refractivity contribution in [2.75, 3.05) is 34.2 Å². The summed E-state index contributed by atoms with van der Waals surface area (Å²) >= 11 is 0. The Bertz CT molecular complexity index is 112. The van der Waals surface area contributed by atoms with Gasteiger partial charge in [-0.05, 0) is 0 Å². The minimum atomic E-state index is 0.293. The van der Waals surface area contributed by atoms with Gasteiger partial charge in [-0.15, -0.1) is 0 Å². The number of ether oxygens (including phenoxy) is 3. The summed E-state index contributed by atoms with van der Waals surface area (Å²) in [7, 11) is 3.17. The molecule has 0 heterocycles. The Hall–Kier alpha value is -0.560. The smallest absolute Gasteiger partial charge is 0.147 e. The molecule has 0 amide bonds. The van der Waals surface area contributed by atoms with Crippen molar-refractivity contribution >= 4 is 0 Å². The van der Waals surface area contributed by atoms with Crippen LogP contribution in [0, 0.1) is 11.8 Å². The molecule has 10 heavy (non-hydrogen) atoms. The van der Waals surface area contributed by atoms with E-state index in [9.17, 15) is 0 Å². The lowest BCUT2D eigenvalue weighted by Crippen LogP contribution is -1.96. The van der Waals surface area contributed by atoms with Crippen molar-refractivity contribution in [1.29, 1.82) is 0 Å². The van der Waals surface area contributed by atoms with Gasteiger partial charge < -0.3 is 14.2 Å². The third-order valence-electron chi connectivity index (χ3n) is 0.717. The Labute approximate surface area is 61.3 Å². The van der Waals surface area contributed by atoms with Crippen LogP contribution in [0.4, 0.5) is 0 Å². The van der Waals surface area contributed by atoms with E-state index < -0.39 is 0 Å². The van der Waals surface area contributed by atoms with E-state index >= 15 is 0 Å². The zero-order valence-corrected chi connectivity index (χ0v) is 6.35. The molecule has 0 aliphatic carbocycles. The van der Waals surface area contributed by atoms with Crippen LogP contribution in [-0.4, -0.2) is 34.2 Å². The van der Waals surface area contributed by atoms with Crippen LogP contribution in [0.15, 0.2) is 0 Å². The fourth-order valence-corrected chi connectivity index (χ4v) is 0.350. The molecule has 0 unspecified atom stereocenters. The van der Waals surface area contributed by atoms with Gasteiger partial charge >= 0.3 is 0 Å². The molecule has 0 aromatic heterocycles. The van der Waals surface area contributed by atoms with Gasteiger partial charge in [0.15, 0.2) is 0 Å². The summed E-state index contributed by atoms with van der Waals surface area (Å²) in [5.74, 6) is 5.49. The van der Waals surface area contributed by atoms with Gasteiger partial charge in [-0.1, -0.05) is 11.8 Å². The summed E-state index contributed by atoms with van der Waals surface area (Å²) in [4.78, 5) is 0. The average Bonchev–Trinajstić information content (AvgIpc) is 1.97. The van der Waals surface area contributed by atoms with Crippen molar-refractivity contribution in [3.8, 4) is 11.8 Å². The highest BCUT2D eigenvalue weighted by atomic mass is 16.7. The second-order valence-corrected chi connectivity index (χ2v) is 1.54. The minimum Gasteiger partial charge on any atom is -0.372 e. The van der Waals surface area contributed by atoms with Gasteiger partial charge in [-0.3, -0.25) is 0 Å². The monoisotopic (exact) mass is 144 g/mol. The molecule has 0 spiro atoms. The molecular formula is C7H12O3. The first-order valence-corrected chi connectivity index (χ1v) is 2.93. The number of rotatable bonds is 4. The molecule has 0 N–H and O–H groups in total. The highest BCUT2D eigenvalue weighted by molar-refractivity contribution is 4.98. The second kappa shape index (κ2) is 8.44. The maximum Gasteiger partial charge on any atom is 0.147 e. The topological polar surface area (TPSA) is 27.7 Å². The fourth-order valence-electron chi connectivity index (χ4n) is 0.350. The zero-order chi connectivity index (χ0) is 7.66. The van der Waals surface area contributed by atoms with Crippen LogP contribution in [0.5, 0.6) is 0 Å². The highest BCUT2D eigenvalue weighted by Crippen LogP contribution is 1.71. The summed E-state index contributed by atoms with van der Waals surface area (Å²) in [5.41, 5.74) is 0. The van der Waals surface area contributed by atoms with Crippen LogP contribution in [0.3, 0.4) is 0 Å². The second-order valence-electron chi connectivity index (χ2n) is 1.54. The molecule has 0 atom stereocenters. The summed E-state index contributed by atoms with van der Waals surface area (Å²) < 4.78 is 14.2. The number of methoxy groups -OCH3 is 2. The lowest BCUT2D eigenvalue weighted by atomic mass is 10.6. The molecule has 58 valence electrons. The summed E-state index contributed by atoms with van der Waals surface area (Å²) in [6.45, 7) is 1.15. The Morgan fingerprint density at radius 2 is 1.70 bits per heavy atom. The minimum absolute atomic E-state index is 0.293. The number of hydrogen-bond acceptors (Lipinski definition) is 3. The van der Waals surface area contributed by atoms with Crippen LogP contribution in [0.2, 0.25) is 0 Å². The van der Waals surface area contributed by atoms with Crippen LogP contribution in [0.25, 0.3) is 0 Å². The van der Waals surface area contributed by atoms with E-state index in [1.807, 2.05) is 0 Å². The van der Waals surface area contributed by atoms with Gasteiger partial charge in [0.1, 0.15) is 20.0 Å². The van der Waals surface area contributed by atoms with Gasteiger partial charge in [-0.2, -0.15) is 0 Å². The maximum absolute atomic E-state index is 4.88. The fraction of sp³-hybridized carbons (Fsp3) is 0.714. The predicted octanol–water partition coefficient (Wildman–Crippen LogP) is 0.257. The van der Waals surface area contributed by atoms with E-state index in [0.29, 0.717) is 20.0 Å². The quantitative estimate of drug-likeness (QED) is 0.322. The Balaban J connectivity index is 2.96. The first-order valence-electron chi connectivity index (χ1n) is 2.93. The first-order chi connectivity index (χ1) is 4.91. The van der Waals surface area contributed by atoms with Crippen molar-refractivity contribution < 1.29 is 14.2 Å². The standard InChI is InChI=1S/C7H12O3/c1-8-5-3-4-6-10-7-9-2/h5-7H2,1-2H3.